The van der Waals surface area contributed by atoms with Crippen molar-refractivity contribution in [2.24, 2.45) is 0 Å². The molecule has 1 aliphatic rings. The van der Waals surface area contributed by atoms with Crippen LogP contribution < -0.4 is 5.32 Å². The number of nitrogens with one attached hydrogen (secondary N) is 1. The van der Waals surface area contributed by atoms with Crippen molar-refractivity contribution in [1.29, 1.82) is 0 Å². The molecule has 1 aromatic rings. The van der Waals surface area contributed by atoms with Crippen LogP contribution in [0.4, 0.5) is 18.9 Å². The number of alkyl halides is 3. The molecule has 104 valence electrons. The monoisotopic (exact) mass is 276 g/mol. The summed E-state index contributed by atoms with van der Waals surface area (Å²) in [6.07, 6.45) is -5.20. The highest BCUT2D eigenvalue weighted by atomic mass is 19.4. The number of halogens is 3. The third kappa shape index (κ3) is 3.02. The molecule has 1 atom stereocenters. The average Bonchev–Trinajstić information content (AvgIpc) is 2.38. The zero-order chi connectivity index (χ0) is 14.0. The van der Waals surface area contributed by atoms with Gasteiger partial charge < -0.3 is 10.1 Å². The van der Waals surface area contributed by atoms with Gasteiger partial charge in [0, 0.05) is 19.2 Å². The Kier molecular flexibility index (Phi) is 3.72. The summed E-state index contributed by atoms with van der Waals surface area (Å²) in [7, 11) is 0. The number of hydrogen-bond donors (Lipinski definition) is 1. The van der Waals surface area contributed by atoms with Crippen LogP contribution in [-0.4, -0.2) is 24.6 Å². The number of benzene rings is 1. The summed E-state index contributed by atoms with van der Waals surface area (Å²) >= 11 is 0. The molecule has 1 N–H and O–H groups in total. The zero-order valence-corrected chi connectivity index (χ0v) is 9.74. The number of rotatable bonds is 2. The molecule has 0 amide bonds. The lowest BCUT2D eigenvalue weighted by molar-refractivity contribution is -0.386. The zero-order valence-electron chi connectivity index (χ0n) is 9.74. The fourth-order valence-electron chi connectivity index (χ4n) is 1.92. The van der Waals surface area contributed by atoms with Gasteiger partial charge in [-0.15, -0.1) is 0 Å². The van der Waals surface area contributed by atoms with Gasteiger partial charge in [0.2, 0.25) is 0 Å². The maximum absolute atomic E-state index is 12.5. The van der Waals surface area contributed by atoms with Gasteiger partial charge in [0.1, 0.15) is 6.10 Å². The molecule has 1 saturated heterocycles. The molecular weight excluding hydrogens is 265 g/mol. The number of hydrogen-bond acceptors (Lipinski definition) is 4. The van der Waals surface area contributed by atoms with Gasteiger partial charge in [-0.25, -0.2) is 0 Å². The van der Waals surface area contributed by atoms with Crippen LogP contribution in [0, 0.1) is 10.1 Å². The van der Waals surface area contributed by atoms with Gasteiger partial charge in [0.25, 0.3) is 5.69 Å². The van der Waals surface area contributed by atoms with E-state index in [1.165, 1.54) is 0 Å². The van der Waals surface area contributed by atoms with E-state index < -0.39 is 28.5 Å². The van der Waals surface area contributed by atoms with Crippen LogP contribution >= 0.6 is 0 Å². The Balaban J connectivity index is 2.40. The predicted molar refractivity (Wildman–Crippen MR) is 59.7 cm³/mol. The van der Waals surface area contributed by atoms with Gasteiger partial charge in [-0.3, -0.25) is 10.1 Å². The molecule has 8 heteroatoms. The molecule has 1 aliphatic heterocycles. The van der Waals surface area contributed by atoms with E-state index in [4.69, 9.17) is 4.74 Å². The molecule has 0 aromatic heterocycles. The number of morpholine rings is 1. The average molecular weight is 276 g/mol. The molecule has 0 spiro atoms. The van der Waals surface area contributed by atoms with Gasteiger partial charge in [0.05, 0.1) is 22.7 Å². The largest absolute Gasteiger partial charge is 0.416 e. The van der Waals surface area contributed by atoms with Crippen LogP contribution in [0.5, 0.6) is 0 Å². The SMILES string of the molecule is O=[N+]([O-])c1cc(C(F)(F)F)ccc1C1CNCCO1. The normalized spacial score (nSPS) is 20.3. The van der Waals surface area contributed by atoms with Crippen molar-refractivity contribution in [2.45, 2.75) is 12.3 Å². The molecule has 1 heterocycles. The summed E-state index contributed by atoms with van der Waals surface area (Å²) in [4.78, 5) is 10.1. The second kappa shape index (κ2) is 5.14. The molecule has 1 unspecified atom stereocenters. The molecule has 2 rings (SSSR count). The summed E-state index contributed by atoms with van der Waals surface area (Å²) in [5.41, 5.74) is -1.44. The maximum Gasteiger partial charge on any atom is 0.416 e. The topological polar surface area (TPSA) is 64.4 Å². The van der Waals surface area contributed by atoms with E-state index in [9.17, 15) is 23.3 Å². The fraction of sp³-hybridized carbons (Fsp3) is 0.455. The molecule has 0 radical (unpaired) electrons. The van der Waals surface area contributed by atoms with Gasteiger partial charge in [-0.1, -0.05) is 0 Å². The number of nitrogens with zero attached hydrogens (tertiary/aromatic N) is 1. The van der Waals surface area contributed by atoms with Crippen LogP contribution in [0.1, 0.15) is 17.2 Å². The van der Waals surface area contributed by atoms with Crippen LogP contribution in [0.2, 0.25) is 0 Å². The van der Waals surface area contributed by atoms with Crippen molar-refractivity contribution in [1.82, 2.24) is 5.32 Å². The number of ether oxygens (including phenoxy) is 1. The summed E-state index contributed by atoms with van der Waals surface area (Å²) in [5.74, 6) is 0. The second-order valence-corrected chi connectivity index (χ2v) is 4.09. The van der Waals surface area contributed by atoms with Crippen molar-refractivity contribution in [3.63, 3.8) is 0 Å². The van der Waals surface area contributed by atoms with E-state index in [0.29, 0.717) is 25.8 Å². The minimum absolute atomic E-state index is 0.158. The first-order valence-electron chi connectivity index (χ1n) is 5.57. The number of nitro benzene ring substituents is 1. The lowest BCUT2D eigenvalue weighted by Gasteiger charge is -2.24. The Morgan fingerprint density at radius 1 is 1.42 bits per heavy atom. The first-order chi connectivity index (χ1) is 8.89. The maximum atomic E-state index is 12.5. The lowest BCUT2D eigenvalue weighted by atomic mass is 10.0. The van der Waals surface area contributed by atoms with Crippen LogP contribution in [0.25, 0.3) is 0 Å². The van der Waals surface area contributed by atoms with Crippen LogP contribution in [0.3, 0.4) is 0 Å². The molecule has 1 fully saturated rings. The van der Waals surface area contributed by atoms with Crippen LogP contribution in [-0.2, 0) is 10.9 Å². The van der Waals surface area contributed by atoms with Crippen LogP contribution in [0.15, 0.2) is 18.2 Å². The summed E-state index contributed by atoms with van der Waals surface area (Å²) in [6, 6.07) is 2.49. The van der Waals surface area contributed by atoms with E-state index in [1.807, 2.05) is 0 Å². The van der Waals surface area contributed by atoms with E-state index in [-0.39, 0.29) is 5.56 Å². The second-order valence-electron chi connectivity index (χ2n) is 4.09. The predicted octanol–water partition coefficient (Wildman–Crippen LogP) is 2.27. The molecule has 19 heavy (non-hydrogen) atoms. The molecule has 0 saturated carbocycles. The minimum atomic E-state index is -4.60. The van der Waals surface area contributed by atoms with Crippen molar-refractivity contribution in [3.8, 4) is 0 Å². The third-order valence-corrected chi connectivity index (χ3v) is 2.83. The Morgan fingerprint density at radius 3 is 2.68 bits per heavy atom. The van der Waals surface area contributed by atoms with E-state index >= 15 is 0 Å². The highest BCUT2D eigenvalue weighted by Gasteiger charge is 2.34. The van der Waals surface area contributed by atoms with Crippen molar-refractivity contribution < 1.29 is 22.8 Å². The van der Waals surface area contributed by atoms with Gasteiger partial charge in [-0.2, -0.15) is 13.2 Å². The minimum Gasteiger partial charge on any atom is -0.371 e. The van der Waals surface area contributed by atoms with E-state index in [0.717, 1.165) is 12.1 Å². The highest BCUT2D eigenvalue weighted by Crippen LogP contribution is 2.35. The van der Waals surface area contributed by atoms with Gasteiger partial charge in [0.15, 0.2) is 0 Å². The Labute approximate surface area is 106 Å². The summed E-state index contributed by atoms with van der Waals surface area (Å²) in [6.45, 7) is 1.32. The molecule has 5 nitrogen and oxygen atoms in total. The quantitative estimate of drug-likeness (QED) is 0.664. The Morgan fingerprint density at radius 2 is 2.16 bits per heavy atom. The van der Waals surface area contributed by atoms with Gasteiger partial charge in [-0.05, 0) is 12.1 Å². The van der Waals surface area contributed by atoms with E-state index in [2.05, 4.69) is 5.32 Å². The summed E-state index contributed by atoms with van der Waals surface area (Å²) in [5, 5.41) is 13.9. The third-order valence-electron chi connectivity index (χ3n) is 2.83. The first-order valence-corrected chi connectivity index (χ1v) is 5.57. The van der Waals surface area contributed by atoms with E-state index in [1.54, 1.807) is 0 Å². The lowest BCUT2D eigenvalue weighted by Crippen LogP contribution is -2.33. The van der Waals surface area contributed by atoms with Crippen molar-refractivity contribution >= 4 is 5.69 Å². The molecule has 0 bridgehead atoms. The Bertz CT molecular complexity index is 485. The van der Waals surface area contributed by atoms with Crippen molar-refractivity contribution in [3.05, 3.63) is 39.4 Å². The van der Waals surface area contributed by atoms with Gasteiger partial charge >= 0.3 is 6.18 Å². The van der Waals surface area contributed by atoms with Crippen molar-refractivity contribution in [2.75, 3.05) is 19.7 Å². The fourth-order valence-corrected chi connectivity index (χ4v) is 1.92. The standard InChI is InChI=1S/C11H11F3N2O3/c12-11(13,14)7-1-2-8(9(5-7)16(17)18)10-6-15-3-4-19-10/h1-2,5,10,15H,3-4,6H2. The first kappa shape index (κ1) is 13.8. The smallest absolute Gasteiger partial charge is 0.371 e. The number of nitro groups is 1. The molecular formula is C11H11F3N2O3. The summed E-state index contributed by atoms with van der Waals surface area (Å²) < 4.78 is 42.9. The highest BCUT2D eigenvalue weighted by molar-refractivity contribution is 5.45. The molecule has 1 aromatic carbocycles. The molecule has 0 aliphatic carbocycles. The Hall–Kier alpha value is -1.67.